The van der Waals surface area contributed by atoms with Crippen molar-refractivity contribution in [3.8, 4) is 0 Å². The van der Waals surface area contributed by atoms with E-state index in [-0.39, 0.29) is 11.5 Å². The molecule has 1 amide bonds. The van der Waals surface area contributed by atoms with Crippen molar-refractivity contribution < 1.29 is 9.69 Å². The van der Waals surface area contributed by atoms with Gasteiger partial charge in [-0.15, -0.1) is 0 Å². The summed E-state index contributed by atoms with van der Waals surface area (Å²) in [6.07, 6.45) is 3.16. The van der Waals surface area contributed by atoms with Crippen LogP contribution in [0.2, 0.25) is 0 Å². The predicted molar refractivity (Wildman–Crippen MR) is 114 cm³/mol. The van der Waals surface area contributed by atoms with E-state index in [9.17, 15) is 9.59 Å². The lowest BCUT2D eigenvalue weighted by Crippen LogP contribution is -3.05. The van der Waals surface area contributed by atoms with Crippen molar-refractivity contribution in [2.24, 2.45) is 5.92 Å². The number of hydrogen-bond acceptors (Lipinski definition) is 4. The summed E-state index contributed by atoms with van der Waals surface area (Å²) in [5.41, 5.74) is 0.685. The van der Waals surface area contributed by atoms with Crippen LogP contribution in [0.5, 0.6) is 0 Å². The Morgan fingerprint density at radius 3 is 2.86 bits per heavy atom. The van der Waals surface area contributed by atoms with Gasteiger partial charge in [0.05, 0.1) is 37.3 Å². The number of nitrogens with zero attached hydrogens (tertiary/aromatic N) is 3. The number of hydrogen-bond donors (Lipinski definition) is 1. The minimum absolute atomic E-state index is 0.0131. The van der Waals surface area contributed by atoms with Crippen molar-refractivity contribution in [1.29, 1.82) is 0 Å². The maximum Gasteiger partial charge on any atom is 0.262 e. The SMILES string of the molecule is C[C@H]1CCCN(C(=O)CSc2nc3ccccc3c(=O)n2CCC[NH+](C)C)C1. The minimum Gasteiger partial charge on any atom is -0.342 e. The van der Waals surface area contributed by atoms with Gasteiger partial charge in [0.2, 0.25) is 5.91 Å². The molecule has 152 valence electrons. The average Bonchev–Trinajstić information content (AvgIpc) is 2.68. The van der Waals surface area contributed by atoms with Gasteiger partial charge in [-0.3, -0.25) is 14.2 Å². The Labute approximate surface area is 170 Å². The number of nitrogens with one attached hydrogen (secondary N) is 1. The third-order valence-corrected chi connectivity index (χ3v) is 6.18. The second-order valence-electron chi connectivity index (χ2n) is 8.05. The summed E-state index contributed by atoms with van der Waals surface area (Å²) in [5.74, 6) is 1.03. The molecule has 28 heavy (non-hydrogen) atoms. The average molecular weight is 404 g/mol. The van der Waals surface area contributed by atoms with Gasteiger partial charge in [-0.05, 0) is 30.9 Å². The Morgan fingerprint density at radius 1 is 1.32 bits per heavy atom. The van der Waals surface area contributed by atoms with Crippen LogP contribution in [-0.2, 0) is 11.3 Å². The maximum atomic E-state index is 13.0. The lowest BCUT2D eigenvalue weighted by molar-refractivity contribution is -0.858. The first-order valence-corrected chi connectivity index (χ1v) is 11.1. The van der Waals surface area contributed by atoms with Crippen LogP contribution in [0.4, 0.5) is 0 Å². The zero-order chi connectivity index (χ0) is 20.1. The van der Waals surface area contributed by atoms with Gasteiger partial charge in [0.25, 0.3) is 5.56 Å². The molecular weight excluding hydrogens is 372 g/mol. The molecule has 0 spiro atoms. The van der Waals surface area contributed by atoms with Crippen LogP contribution in [-0.4, -0.2) is 59.8 Å². The van der Waals surface area contributed by atoms with Crippen molar-refractivity contribution in [3.63, 3.8) is 0 Å². The molecule has 1 aromatic carbocycles. The molecular formula is C21H31N4O2S+. The van der Waals surface area contributed by atoms with Crippen LogP contribution < -0.4 is 10.5 Å². The lowest BCUT2D eigenvalue weighted by Gasteiger charge is -2.30. The first-order valence-electron chi connectivity index (χ1n) is 10.1. The van der Waals surface area contributed by atoms with Gasteiger partial charge < -0.3 is 9.80 Å². The molecule has 0 saturated carbocycles. The van der Waals surface area contributed by atoms with Crippen molar-refractivity contribution in [2.45, 2.75) is 37.9 Å². The third kappa shape index (κ3) is 5.14. The highest BCUT2D eigenvalue weighted by atomic mass is 32.2. The van der Waals surface area contributed by atoms with Crippen LogP contribution in [0.3, 0.4) is 0 Å². The van der Waals surface area contributed by atoms with Crippen LogP contribution in [0.25, 0.3) is 10.9 Å². The molecule has 2 heterocycles. The molecule has 1 fully saturated rings. The maximum absolute atomic E-state index is 13.0. The third-order valence-electron chi connectivity index (χ3n) is 5.22. The van der Waals surface area contributed by atoms with Gasteiger partial charge in [0, 0.05) is 26.1 Å². The van der Waals surface area contributed by atoms with Crippen LogP contribution in [0, 0.1) is 5.92 Å². The monoisotopic (exact) mass is 403 g/mol. The second-order valence-corrected chi connectivity index (χ2v) is 9.00. The van der Waals surface area contributed by atoms with Gasteiger partial charge in [0.1, 0.15) is 0 Å². The normalized spacial score (nSPS) is 17.4. The summed E-state index contributed by atoms with van der Waals surface area (Å²) in [7, 11) is 4.21. The zero-order valence-corrected chi connectivity index (χ0v) is 17.9. The molecule has 0 aliphatic carbocycles. The highest BCUT2D eigenvalue weighted by Crippen LogP contribution is 2.21. The number of benzene rings is 1. The summed E-state index contributed by atoms with van der Waals surface area (Å²) < 4.78 is 1.75. The summed E-state index contributed by atoms with van der Waals surface area (Å²) in [6.45, 7) is 5.48. The number of fused-ring (bicyclic) bond motifs is 1. The standard InChI is InChI=1S/C21H30N4O2S/c1-16-8-6-12-24(14-16)19(26)15-28-21-22-18-10-5-4-9-17(18)20(27)25(21)13-7-11-23(2)3/h4-5,9-10,16H,6-8,11-15H2,1-3H3/p+1/t16-/m0/s1. The van der Waals surface area contributed by atoms with E-state index in [1.807, 2.05) is 29.2 Å². The molecule has 1 saturated heterocycles. The molecule has 1 aromatic heterocycles. The topological polar surface area (TPSA) is 59.6 Å². The van der Waals surface area contributed by atoms with Gasteiger partial charge >= 0.3 is 0 Å². The van der Waals surface area contributed by atoms with E-state index >= 15 is 0 Å². The fourth-order valence-corrected chi connectivity index (χ4v) is 4.61. The summed E-state index contributed by atoms with van der Waals surface area (Å²) in [5, 5.41) is 1.29. The van der Waals surface area contributed by atoms with E-state index in [0.717, 1.165) is 32.5 Å². The predicted octanol–water partition coefficient (Wildman–Crippen LogP) is 1.28. The molecule has 1 aliphatic rings. The molecule has 0 radical (unpaired) electrons. The van der Waals surface area contributed by atoms with Crippen molar-refractivity contribution in [1.82, 2.24) is 14.5 Å². The largest absolute Gasteiger partial charge is 0.342 e. The fourth-order valence-electron chi connectivity index (χ4n) is 3.68. The first kappa shape index (κ1) is 20.9. The number of carbonyl (C=O) groups excluding carboxylic acids is 1. The Kier molecular flexibility index (Phi) is 7.13. The van der Waals surface area contributed by atoms with Crippen molar-refractivity contribution in [2.75, 3.05) is 39.5 Å². The molecule has 1 aliphatic heterocycles. The first-order chi connectivity index (χ1) is 13.5. The number of rotatable bonds is 7. The Hall–Kier alpha value is -1.86. The summed E-state index contributed by atoms with van der Waals surface area (Å²) >= 11 is 1.39. The summed E-state index contributed by atoms with van der Waals surface area (Å²) in [6, 6.07) is 7.45. The van der Waals surface area contributed by atoms with Gasteiger partial charge in [0.15, 0.2) is 5.16 Å². The van der Waals surface area contributed by atoms with Crippen LogP contribution in [0.1, 0.15) is 26.2 Å². The van der Waals surface area contributed by atoms with Crippen molar-refractivity contribution in [3.05, 3.63) is 34.6 Å². The number of amides is 1. The Morgan fingerprint density at radius 2 is 2.11 bits per heavy atom. The molecule has 7 heteroatoms. The molecule has 0 unspecified atom stereocenters. The smallest absolute Gasteiger partial charge is 0.262 e. The van der Waals surface area contributed by atoms with E-state index in [1.54, 1.807) is 4.57 Å². The van der Waals surface area contributed by atoms with Gasteiger partial charge in [-0.1, -0.05) is 30.8 Å². The summed E-state index contributed by atoms with van der Waals surface area (Å²) in [4.78, 5) is 33.7. The van der Waals surface area contributed by atoms with E-state index in [4.69, 9.17) is 4.98 Å². The number of aromatic nitrogens is 2. The Bertz CT molecular complexity index is 880. The molecule has 6 nitrogen and oxygen atoms in total. The number of quaternary nitrogens is 1. The molecule has 3 rings (SSSR count). The van der Waals surface area contributed by atoms with E-state index in [0.29, 0.717) is 34.3 Å². The van der Waals surface area contributed by atoms with E-state index in [1.165, 1.54) is 23.1 Å². The molecule has 1 atom stereocenters. The number of piperidine rings is 1. The molecule has 2 aromatic rings. The zero-order valence-electron chi connectivity index (χ0n) is 17.1. The van der Waals surface area contributed by atoms with E-state index < -0.39 is 0 Å². The molecule has 1 N–H and O–H groups in total. The fraction of sp³-hybridized carbons (Fsp3) is 0.571. The van der Waals surface area contributed by atoms with Crippen molar-refractivity contribution >= 4 is 28.6 Å². The highest BCUT2D eigenvalue weighted by molar-refractivity contribution is 7.99. The minimum atomic E-state index is -0.0131. The number of para-hydroxylation sites is 1. The van der Waals surface area contributed by atoms with Crippen LogP contribution >= 0.6 is 11.8 Å². The van der Waals surface area contributed by atoms with E-state index in [2.05, 4.69) is 21.0 Å². The molecule has 0 bridgehead atoms. The van der Waals surface area contributed by atoms with Crippen LogP contribution in [0.15, 0.2) is 34.2 Å². The second kappa shape index (κ2) is 9.56. The highest BCUT2D eigenvalue weighted by Gasteiger charge is 2.22. The lowest BCUT2D eigenvalue weighted by atomic mass is 10.0. The Balaban J connectivity index is 1.79. The quantitative estimate of drug-likeness (QED) is 0.559. The number of carbonyl (C=O) groups is 1. The number of likely N-dealkylation sites (tertiary alicyclic amines) is 1. The number of thioether (sulfide) groups is 1. The van der Waals surface area contributed by atoms with Gasteiger partial charge in [-0.2, -0.15) is 0 Å². The van der Waals surface area contributed by atoms with Gasteiger partial charge in [-0.25, -0.2) is 4.98 Å².